The Morgan fingerprint density at radius 3 is 2.79 bits per heavy atom. The van der Waals surface area contributed by atoms with Crippen LogP contribution < -0.4 is 21.8 Å². The Labute approximate surface area is 150 Å². The molecule has 2 rings (SSSR count). The van der Waals surface area contributed by atoms with Crippen molar-refractivity contribution in [2.75, 3.05) is 6.54 Å². The lowest BCUT2D eigenvalue weighted by Crippen LogP contribution is -2.53. The fraction of sp³-hybridized carbons (Fsp3) is 0.824. The Balaban J connectivity index is 2.03. The molecule has 1 fully saturated rings. The first kappa shape index (κ1) is 19.7. The van der Waals surface area contributed by atoms with E-state index in [0.29, 0.717) is 5.92 Å². The second kappa shape index (κ2) is 9.77. The summed E-state index contributed by atoms with van der Waals surface area (Å²) in [7, 11) is 0. The van der Waals surface area contributed by atoms with Crippen molar-refractivity contribution >= 4 is 18.5 Å². The number of allylic oxidation sites excluding steroid dienone is 1. The van der Waals surface area contributed by atoms with Crippen molar-refractivity contribution in [3.63, 3.8) is 0 Å². The molecule has 6 nitrogen and oxygen atoms in total. The van der Waals surface area contributed by atoms with Crippen molar-refractivity contribution in [1.29, 1.82) is 0 Å². The number of thiol groups is 1. The molecule has 3 unspecified atom stereocenters. The predicted octanol–water partition coefficient (Wildman–Crippen LogP) is 1.87. The number of nitrogens with one attached hydrogen (secondary N) is 3. The molecule has 24 heavy (non-hydrogen) atoms. The fourth-order valence-corrected chi connectivity index (χ4v) is 3.72. The molecule has 2 aliphatic carbocycles. The van der Waals surface area contributed by atoms with Gasteiger partial charge in [0, 0.05) is 12.6 Å². The van der Waals surface area contributed by atoms with Gasteiger partial charge in [0.2, 0.25) is 5.91 Å². The van der Waals surface area contributed by atoms with Crippen LogP contribution in [0.25, 0.3) is 0 Å². The average molecular weight is 357 g/mol. The van der Waals surface area contributed by atoms with Crippen LogP contribution in [0.3, 0.4) is 0 Å². The van der Waals surface area contributed by atoms with Crippen LogP contribution in [0.1, 0.15) is 58.3 Å². The summed E-state index contributed by atoms with van der Waals surface area (Å²) in [6.45, 7) is 2.87. The van der Waals surface area contributed by atoms with Crippen molar-refractivity contribution in [3.05, 3.63) is 10.5 Å². The van der Waals surface area contributed by atoms with Crippen LogP contribution in [0.4, 0.5) is 0 Å². The lowest BCUT2D eigenvalue weighted by Gasteiger charge is -2.32. The fourth-order valence-electron chi connectivity index (χ4n) is 3.34. The monoisotopic (exact) mass is 356 g/mol. The highest BCUT2D eigenvalue weighted by Gasteiger charge is 2.34. The van der Waals surface area contributed by atoms with Gasteiger partial charge in [-0.1, -0.05) is 26.2 Å². The minimum atomic E-state index is -0.655. The second-order valence-electron chi connectivity index (χ2n) is 7.06. The normalized spacial score (nSPS) is 23.9. The molecule has 7 heteroatoms. The first-order valence-electron chi connectivity index (χ1n) is 9.15. The zero-order chi connectivity index (χ0) is 17.5. The number of carbonyl (C=O) groups is 1. The van der Waals surface area contributed by atoms with Crippen LogP contribution in [0.2, 0.25) is 0 Å². The molecule has 0 aromatic rings. The van der Waals surface area contributed by atoms with E-state index in [1.165, 1.54) is 12.8 Å². The van der Waals surface area contributed by atoms with Crippen LogP contribution in [0, 0.1) is 11.8 Å². The molecule has 6 N–H and O–H groups in total. The quantitative estimate of drug-likeness (QED) is 0.155. The standard InChI is InChI=1S/C17H32N4O2S/c1-2-3-8-19-16(22)14(9-11-4-5-11)13-10-12(6-7-15(13)24)20-17(18)21-23/h11-12,14,17,20-21,23-24H,2-10,18H2,1H3,(H,19,22). The maximum absolute atomic E-state index is 12.7. The molecule has 138 valence electrons. The minimum absolute atomic E-state index is 0.0789. The van der Waals surface area contributed by atoms with Crippen LogP contribution in [-0.2, 0) is 4.79 Å². The molecule has 2 aliphatic rings. The number of hydrogen-bond acceptors (Lipinski definition) is 6. The van der Waals surface area contributed by atoms with E-state index in [2.05, 4.69) is 30.2 Å². The first-order valence-corrected chi connectivity index (χ1v) is 9.59. The van der Waals surface area contributed by atoms with E-state index >= 15 is 0 Å². The van der Waals surface area contributed by atoms with E-state index in [1.807, 2.05) is 5.48 Å². The number of hydrogen-bond donors (Lipinski definition) is 6. The molecule has 0 aliphatic heterocycles. The van der Waals surface area contributed by atoms with Gasteiger partial charge in [-0.15, -0.1) is 12.6 Å². The summed E-state index contributed by atoms with van der Waals surface area (Å²) in [5.74, 6) is 0.738. The van der Waals surface area contributed by atoms with E-state index in [0.717, 1.165) is 55.5 Å². The topological polar surface area (TPSA) is 99.4 Å². The predicted molar refractivity (Wildman–Crippen MR) is 98.4 cm³/mol. The molecule has 1 saturated carbocycles. The Bertz CT molecular complexity index is 454. The molecule has 3 atom stereocenters. The van der Waals surface area contributed by atoms with E-state index < -0.39 is 6.29 Å². The van der Waals surface area contributed by atoms with Gasteiger partial charge in [0.05, 0.1) is 5.92 Å². The Kier molecular flexibility index (Phi) is 8.03. The summed E-state index contributed by atoms with van der Waals surface area (Å²) in [4.78, 5) is 13.8. The number of unbranched alkanes of at least 4 members (excludes halogenated alkanes) is 1. The van der Waals surface area contributed by atoms with Crippen LogP contribution in [-0.4, -0.2) is 30.0 Å². The lowest BCUT2D eigenvalue weighted by atomic mass is 9.83. The van der Waals surface area contributed by atoms with E-state index in [9.17, 15) is 4.79 Å². The van der Waals surface area contributed by atoms with Crippen molar-refractivity contribution in [2.45, 2.75) is 70.6 Å². The summed E-state index contributed by atoms with van der Waals surface area (Å²) in [6.07, 6.45) is 7.33. The van der Waals surface area contributed by atoms with Crippen LogP contribution in [0.5, 0.6) is 0 Å². The van der Waals surface area contributed by atoms with Gasteiger partial charge in [-0.25, -0.2) is 0 Å². The summed E-state index contributed by atoms with van der Waals surface area (Å²) in [5.41, 5.74) is 8.87. The Morgan fingerprint density at radius 2 is 2.17 bits per heavy atom. The van der Waals surface area contributed by atoms with E-state index in [1.54, 1.807) is 0 Å². The van der Waals surface area contributed by atoms with Gasteiger partial charge in [0.1, 0.15) is 6.29 Å². The minimum Gasteiger partial charge on any atom is -0.356 e. The number of hydroxylamine groups is 1. The third-order valence-corrected chi connectivity index (χ3v) is 5.46. The zero-order valence-corrected chi connectivity index (χ0v) is 15.4. The number of carbonyl (C=O) groups excluding carboxylic acids is 1. The molecule has 0 aromatic carbocycles. The summed E-state index contributed by atoms with van der Waals surface area (Å²) >= 11 is 4.67. The number of amides is 1. The molecule has 1 amide bonds. The van der Waals surface area contributed by atoms with Crippen molar-refractivity contribution < 1.29 is 10.0 Å². The van der Waals surface area contributed by atoms with Gasteiger partial charge in [0.15, 0.2) is 0 Å². The average Bonchev–Trinajstić information content (AvgIpc) is 3.38. The number of nitrogens with two attached hydrogens (primary N) is 1. The van der Waals surface area contributed by atoms with Crippen LogP contribution >= 0.6 is 12.6 Å². The Hall–Kier alpha value is -0.600. The van der Waals surface area contributed by atoms with Gasteiger partial charge < -0.3 is 16.3 Å². The largest absolute Gasteiger partial charge is 0.356 e. The number of rotatable bonds is 10. The molecule has 0 heterocycles. The molecule has 0 bridgehead atoms. The summed E-state index contributed by atoms with van der Waals surface area (Å²) in [5, 5.41) is 15.1. The molecule has 0 radical (unpaired) electrons. The van der Waals surface area contributed by atoms with Crippen molar-refractivity contribution in [1.82, 2.24) is 16.1 Å². The second-order valence-corrected chi connectivity index (χ2v) is 7.60. The third kappa shape index (κ3) is 6.04. The van der Waals surface area contributed by atoms with Gasteiger partial charge in [-0.05, 0) is 48.5 Å². The zero-order valence-electron chi connectivity index (χ0n) is 14.6. The third-order valence-electron chi connectivity index (χ3n) is 4.95. The first-order chi connectivity index (χ1) is 11.5. The highest BCUT2D eigenvalue weighted by molar-refractivity contribution is 7.84. The summed E-state index contributed by atoms with van der Waals surface area (Å²) in [6, 6.07) is 0.149. The van der Waals surface area contributed by atoms with Crippen molar-refractivity contribution in [3.8, 4) is 0 Å². The van der Waals surface area contributed by atoms with Crippen molar-refractivity contribution in [2.24, 2.45) is 17.6 Å². The molecular weight excluding hydrogens is 324 g/mol. The van der Waals surface area contributed by atoms with Gasteiger partial charge >= 0.3 is 0 Å². The maximum atomic E-state index is 12.7. The van der Waals surface area contributed by atoms with E-state index in [4.69, 9.17) is 10.9 Å². The highest BCUT2D eigenvalue weighted by atomic mass is 32.1. The van der Waals surface area contributed by atoms with Gasteiger partial charge in [0.25, 0.3) is 0 Å². The SMILES string of the molecule is CCCCNC(=O)C(CC1CC1)C1=C(S)CCC(NC(N)NO)C1. The van der Waals surface area contributed by atoms with E-state index in [-0.39, 0.29) is 17.9 Å². The molecular formula is C17H32N4O2S. The Morgan fingerprint density at radius 1 is 1.42 bits per heavy atom. The van der Waals surface area contributed by atoms with Gasteiger partial charge in [-0.2, -0.15) is 5.48 Å². The molecule has 0 spiro atoms. The summed E-state index contributed by atoms with van der Waals surface area (Å²) < 4.78 is 0. The highest BCUT2D eigenvalue weighted by Crippen LogP contribution is 2.41. The molecule has 0 aromatic heterocycles. The molecule has 0 saturated heterocycles. The smallest absolute Gasteiger partial charge is 0.227 e. The lowest BCUT2D eigenvalue weighted by molar-refractivity contribution is -0.124. The van der Waals surface area contributed by atoms with Crippen LogP contribution in [0.15, 0.2) is 10.5 Å². The maximum Gasteiger partial charge on any atom is 0.227 e. The van der Waals surface area contributed by atoms with Gasteiger partial charge in [-0.3, -0.25) is 10.1 Å².